The number of ether oxygens (including phenoxy) is 3. The number of hydrogen-bond acceptors (Lipinski definition) is 6. The molecule has 132 valence electrons. The van der Waals surface area contributed by atoms with Crippen LogP contribution in [-0.4, -0.2) is 24.8 Å². The number of benzene rings is 1. The lowest BCUT2D eigenvalue weighted by molar-refractivity contribution is -0.123. The van der Waals surface area contributed by atoms with E-state index in [-0.39, 0.29) is 6.79 Å². The van der Waals surface area contributed by atoms with E-state index in [1.54, 1.807) is 25.1 Å². The minimum Gasteiger partial charge on any atom is -0.454 e. The molecule has 0 spiro atoms. The molecule has 1 aliphatic rings. The number of hydrogen-bond donors (Lipinski definition) is 1. The van der Waals surface area contributed by atoms with Gasteiger partial charge in [-0.05, 0) is 44.0 Å². The van der Waals surface area contributed by atoms with Gasteiger partial charge in [-0.2, -0.15) is 0 Å². The maximum absolute atomic E-state index is 12.3. The number of rotatable bonds is 5. The van der Waals surface area contributed by atoms with E-state index >= 15 is 0 Å². The number of fused-ring (bicyclic) bond motifs is 1. The molecule has 0 saturated carbocycles. The number of aryl methyl sites for hydroxylation is 2. The maximum atomic E-state index is 12.3. The van der Waals surface area contributed by atoms with Crippen molar-refractivity contribution >= 4 is 28.9 Å². The third kappa shape index (κ3) is 3.76. The van der Waals surface area contributed by atoms with Crippen molar-refractivity contribution in [2.45, 2.75) is 33.3 Å². The predicted molar refractivity (Wildman–Crippen MR) is 94.5 cm³/mol. The lowest BCUT2D eigenvalue weighted by Gasteiger charge is -2.13. The van der Waals surface area contributed by atoms with Crippen LogP contribution in [0.4, 0.5) is 5.69 Å². The minimum absolute atomic E-state index is 0.167. The quantitative estimate of drug-likeness (QED) is 0.825. The van der Waals surface area contributed by atoms with Crippen molar-refractivity contribution < 1.29 is 23.8 Å². The van der Waals surface area contributed by atoms with Crippen molar-refractivity contribution in [3.8, 4) is 11.5 Å². The van der Waals surface area contributed by atoms with Crippen LogP contribution in [0.5, 0.6) is 11.5 Å². The van der Waals surface area contributed by atoms with Crippen molar-refractivity contribution in [3.63, 3.8) is 0 Å². The number of amides is 1. The molecule has 0 unspecified atom stereocenters. The van der Waals surface area contributed by atoms with Crippen molar-refractivity contribution in [2.24, 2.45) is 0 Å². The van der Waals surface area contributed by atoms with Gasteiger partial charge in [0.15, 0.2) is 17.6 Å². The third-order valence-corrected chi connectivity index (χ3v) is 4.97. The number of esters is 1. The highest BCUT2D eigenvalue weighted by molar-refractivity contribution is 7.14. The average Bonchev–Trinajstić information content (AvgIpc) is 3.20. The molecule has 1 aromatic carbocycles. The van der Waals surface area contributed by atoms with E-state index in [0.29, 0.717) is 22.1 Å². The lowest BCUT2D eigenvalue weighted by atomic mass is 10.2. The smallest absolute Gasteiger partial charge is 0.349 e. The SMILES string of the molecule is CCc1cc(C(=O)O[C@H](C)C(=O)Nc2ccc3c(c2)OCO3)sc1C. The molecule has 1 atom stereocenters. The molecule has 1 aromatic heterocycles. The van der Waals surface area contributed by atoms with E-state index in [1.165, 1.54) is 11.3 Å². The summed E-state index contributed by atoms with van der Waals surface area (Å²) in [6, 6.07) is 6.92. The molecule has 7 heteroatoms. The van der Waals surface area contributed by atoms with Gasteiger partial charge < -0.3 is 19.5 Å². The van der Waals surface area contributed by atoms with Crippen LogP contribution in [0.25, 0.3) is 0 Å². The summed E-state index contributed by atoms with van der Waals surface area (Å²) in [6.07, 6.45) is -0.0547. The minimum atomic E-state index is -0.912. The van der Waals surface area contributed by atoms with Gasteiger partial charge in [-0.1, -0.05) is 6.92 Å². The first-order valence-electron chi connectivity index (χ1n) is 7.98. The van der Waals surface area contributed by atoms with Crippen LogP contribution in [0.2, 0.25) is 0 Å². The molecule has 1 amide bonds. The normalized spacial score (nSPS) is 13.4. The molecular weight excluding hydrogens is 342 g/mol. The first kappa shape index (κ1) is 17.3. The maximum Gasteiger partial charge on any atom is 0.349 e. The van der Waals surface area contributed by atoms with Gasteiger partial charge in [-0.3, -0.25) is 4.79 Å². The second kappa shape index (κ2) is 7.14. The van der Waals surface area contributed by atoms with E-state index in [0.717, 1.165) is 16.9 Å². The van der Waals surface area contributed by atoms with E-state index in [1.807, 2.05) is 19.9 Å². The Bertz CT molecular complexity index is 814. The zero-order chi connectivity index (χ0) is 18.0. The molecule has 0 fully saturated rings. The van der Waals surface area contributed by atoms with E-state index in [9.17, 15) is 9.59 Å². The summed E-state index contributed by atoms with van der Waals surface area (Å²) in [4.78, 5) is 26.1. The number of carbonyl (C=O) groups excluding carboxylic acids is 2. The van der Waals surface area contributed by atoms with Gasteiger partial charge in [0.1, 0.15) is 4.88 Å². The summed E-state index contributed by atoms with van der Waals surface area (Å²) < 4.78 is 15.8. The van der Waals surface area contributed by atoms with Crippen LogP contribution in [0.1, 0.15) is 34.0 Å². The van der Waals surface area contributed by atoms with Crippen LogP contribution in [-0.2, 0) is 16.0 Å². The number of anilines is 1. The van der Waals surface area contributed by atoms with Gasteiger partial charge in [0.05, 0.1) is 0 Å². The fraction of sp³-hybridized carbons (Fsp3) is 0.333. The van der Waals surface area contributed by atoms with Gasteiger partial charge in [-0.25, -0.2) is 4.79 Å². The molecular formula is C18H19NO5S. The standard InChI is InChI=1S/C18H19NO5S/c1-4-12-7-16(25-11(12)3)18(21)24-10(2)17(20)19-13-5-6-14-15(8-13)23-9-22-14/h5-8,10H,4,9H2,1-3H3,(H,19,20)/t10-/m1/s1. The van der Waals surface area contributed by atoms with Crippen LogP contribution in [0.3, 0.4) is 0 Å². The fourth-order valence-corrected chi connectivity index (χ4v) is 3.46. The first-order valence-corrected chi connectivity index (χ1v) is 8.80. The molecule has 0 aliphatic carbocycles. The summed E-state index contributed by atoms with van der Waals surface area (Å²) in [6.45, 7) is 5.71. The summed E-state index contributed by atoms with van der Waals surface area (Å²) in [5, 5.41) is 2.71. The summed E-state index contributed by atoms with van der Waals surface area (Å²) in [7, 11) is 0. The monoisotopic (exact) mass is 361 g/mol. The zero-order valence-electron chi connectivity index (χ0n) is 14.3. The highest BCUT2D eigenvalue weighted by Gasteiger charge is 2.22. The lowest BCUT2D eigenvalue weighted by Crippen LogP contribution is -2.29. The zero-order valence-corrected chi connectivity index (χ0v) is 15.1. The molecule has 0 saturated heterocycles. The van der Waals surface area contributed by atoms with Crippen molar-refractivity contribution in [1.29, 1.82) is 0 Å². The number of nitrogens with one attached hydrogen (secondary N) is 1. The Kier molecular flexibility index (Phi) is 4.94. The Hall–Kier alpha value is -2.54. The summed E-state index contributed by atoms with van der Waals surface area (Å²) in [5.41, 5.74) is 1.67. The Morgan fingerprint density at radius 3 is 2.76 bits per heavy atom. The topological polar surface area (TPSA) is 73.9 Å². The predicted octanol–water partition coefficient (Wildman–Crippen LogP) is 3.53. The molecule has 25 heavy (non-hydrogen) atoms. The third-order valence-electron chi connectivity index (χ3n) is 3.90. The van der Waals surface area contributed by atoms with Gasteiger partial charge in [0.25, 0.3) is 5.91 Å². The van der Waals surface area contributed by atoms with Crippen molar-refractivity contribution in [2.75, 3.05) is 12.1 Å². The molecule has 0 bridgehead atoms. The van der Waals surface area contributed by atoms with Gasteiger partial charge in [-0.15, -0.1) is 11.3 Å². The Balaban J connectivity index is 1.61. The molecule has 6 nitrogen and oxygen atoms in total. The fourth-order valence-electron chi connectivity index (χ4n) is 2.46. The van der Waals surface area contributed by atoms with E-state index in [4.69, 9.17) is 14.2 Å². The highest BCUT2D eigenvalue weighted by Crippen LogP contribution is 2.34. The largest absolute Gasteiger partial charge is 0.454 e. The molecule has 2 heterocycles. The second-order valence-corrected chi connectivity index (χ2v) is 6.91. The van der Waals surface area contributed by atoms with Crippen LogP contribution < -0.4 is 14.8 Å². The number of carbonyl (C=O) groups is 2. The van der Waals surface area contributed by atoms with E-state index in [2.05, 4.69) is 5.32 Å². The summed E-state index contributed by atoms with van der Waals surface area (Å²) >= 11 is 1.38. The Morgan fingerprint density at radius 1 is 1.28 bits per heavy atom. The molecule has 2 aromatic rings. The van der Waals surface area contributed by atoms with E-state index < -0.39 is 18.0 Å². The van der Waals surface area contributed by atoms with Crippen LogP contribution in [0.15, 0.2) is 24.3 Å². The Morgan fingerprint density at radius 2 is 2.04 bits per heavy atom. The molecule has 0 radical (unpaired) electrons. The molecule has 1 aliphatic heterocycles. The van der Waals surface area contributed by atoms with Crippen LogP contribution >= 0.6 is 11.3 Å². The van der Waals surface area contributed by atoms with Crippen molar-refractivity contribution in [1.82, 2.24) is 0 Å². The molecule has 3 rings (SSSR count). The first-order chi connectivity index (χ1) is 12.0. The summed E-state index contributed by atoms with van der Waals surface area (Å²) in [5.74, 6) is 0.318. The van der Waals surface area contributed by atoms with Gasteiger partial charge >= 0.3 is 5.97 Å². The highest BCUT2D eigenvalue weighted by atomic mass is 32.1. The average molecular weight is 361 g/mol. The van der Waals surface area contributed by atoms with Crippen molar-refractivity contribution in [3.05, 3.63) is 39.6 Å². The number of thiophene rings is 1. The van der Waals surface area contributed by atoms with Crippen LogP contribution in [0, 0.1) is 6.92 Å². The molecule has 1 N–H and O–H groups in total. The van der Waals surface area contributed by atoms with Gasteiger partial charge in [0, 0.05) is 16.6 Å². The Labute approximate surface area is 149 Å². The van der Waals surface area contributed by atoms with Gasteiger partial charge in [0.2, 0.25) is 6.79 Å². The second-order valence-electron chi connectivity index (χ2n) is 5.65.